The number of benzene rings is 1. The molecule has 0 spiro atoms. The van der Waals surface area contributed by atoms with Gasteiger partial charge in [0.25, 0.3) is 0 Å². The SMILES string of the molecule is CC1(n2c(N)nc3ccc(Cl)cc32)CCOC1. The first-order valence-corrected chi connectivity index (χ1v) is 6.00. The van der Waals surface area contributed by atoms with Crippen molar-refractivity contribution in [3.05, 3.63) is 23.2 Å². The van der Waals surface area contributed by atoms with Gasteiger partial charge in [0, 0.05) is 11.6 Å². The molecule has 2 aromatic rings. The zero-order valence-electron chi connectivity index (χ0n) is 9.61. The van der Waals surface area contributed by atoms with E-state index >= 15 is 0 Å². The molecule has 1 aliphatic rings. The third-order valence-electron chi connectivity index (χ3n) is 3.38. The fourth-order valence-corrected chi connectivity index (χ4v) is 2.63. The van der Waals surface area contributed by atoms with Crippen LogP contribution in [0.1, 0.15) is 13.3 Å². The Morgan fingerprint density at radius 2 is 2.35 bits per heavy atom. The normalized spacial score (nSPS) is 24.6. The second kappa shape index (κ2) is 3.62. The lowest BCUT2D eigenvalue weighted by Gasteiger charge is -2.25. The second-order valence-corrected chi connectivity index (χ2v) is 5.17. The molecule has 1 aliphatic heterocycles. The average molecular weight is 252 g/mol. The first-order valence-electron chi connectivity index (χ1n) is 5.62. The van der Waals surface area contributed by atoms with Crippen LogP contribution in [0.4, 0.5) is 5.95 Å². The standard InChI is InChI=1S/C12H14ClN3O/c1-12(4-5-17-7-12)16-10-6-8(13)2-3-9(10)15-11(16)14/h2-3,6H,4-5,7H2,1H3,(H2,14,15). The molecule has 4 nitrogen and oxygen atoms in total. The van der Waals surface area contributed by atoms with Gasteiger partial charge < -0.3 is 15.0 Å². The van der Waals surface area contributed by atoms with Crippen LogP contribution >= 0.6 is 11.6 Å². The highest BCUT2D eigenvalue weighted by atomic mass is 35.5. The summed E-state index contributed by atoms with van der Waals surface area (Å²) in [6.07, 6.45) is 0.940. The summed E-state index contributed by atoms with van der Waals surface area (Å²) in [7, 11) is 0. The first-order chi connectivity index (χ1) is 8.10. The van der Waals surface area contributed by atoms with E-state index in [-0.39, 0.29) is 5.54 Å². The second-order valence-electron chi connectivity index (χ2n) is 4.74. The van der Waals surface area contributed by atoms with Gasteiger partial charge in [-0.05, 0) is 31.5 Å². The van der Waals surface area contributed by atoms with Crippen molar-refractivity contribution in [2.75, 3.05) is 18.9 Å². The van der Waals surface area contributed by atoms with E-state index in [0.29, 0.717) is 17.6 Å². The fourth-order valence-electron chi connectivity index (χ4n) is 2.47. The van der Waals surface area contributed by atoms with Crippen molar-refractivity contribution < 1.29 is 4.74 Å². The number of anilines is 1. The van der Waals surface area contributed by atoms with Gasteiger partial charge in [0.1, 0.15) is 0 Å². The van der Waals surface area contributed by atoms with E-state index in [4.69, 9.17) is 22.1 Å². The Bertz CT molecular complexity index is 572. The Morgan fingerprint density at radius 1 is 1.53 bits per heavy atom. The highest BCUT2D eigenvalue weighted by Crippen LogP contribution is 2.34. The molecule has 2 N–H and O–H groups in total. The summed E-state index contributed by atoms with van der Waals surface area (Å²) in [4.78, 5) is 4.37. The molecule has 1 atom stereocenters. The van der Waals surface area contributed by atoms with Crippen molar-refractivity contribution in [3.8, 4) is 0 Å². The summed E-state index contributed by atoms with van der Waals surface area (Å²) in [6, 6.07) is 5.63. The third kappa shape index (κ3) is 1.59. The van der Waals surface area contributed by atoms with E-state index in [1.165, 1.54) is 0 Å². The van der Waals surface area contributed by atoms with E-state index in [1.807, 2.05) is 22.8 Å². The lowest BCUT2D eigenvalue weighted by atomic mass is 10.0. The van der Waals surface area contributed by atoms with Crippen molar-refractivity contribution >= 4 is 28.6 Å². The predicted octanol–water partition coefficient (Wildman–Crippen LogP) is 2.41. The number of aromatic nitrogens is 2. The number of nitrogen functional groups attached to an aromatic ring is 1. The van der Waals surface area contributed by atoms with Crippen LogP contribution in [-0.2, 0) is 10.3 Å². The monoisotopic (exact) mass is 251 g/mol. The van der Waals surface area contributed by atoms with Gasteiger partial charge in [-0.2, -0.15) is 0 Å². The number of nitrogens with two attached hydrogens (primary N) is 1. The number of fused-ring (bicyclic) bond motifs is 1. The predicted molar refractivity (Wildman–Crippen MR) is 68.2 cm³/mol. The van der Waals surface area contributed by atoms with Gasteiger partial charge in [-0.15, -0.1) is 0 Å². The summed E-state index contributed by atoms with van der Waals surface area (Å²) in [6.45, 7) is 3.56. The molecule has 0 bridgehead atoms. The smallest absolute Gasteiger partial charge is 0.201 e. The molecule has 1 saturated heterocycles. The maximum Gasteiger partial charge on any atom is 0.201 e. The number of rotatable bonds is 1. The largest absolute Gasteiger partial charge is 0.379 e. The van der Waals surface area contributed by atoms with Crippen LogP contribution in [-0.4, -0.2) is 22.8 Å². The van der Waals surface area contributed by atoms with Crippen molar-refractivity contribution in [3.63, 3.8) is 0 Å². The van der Waals surface area contributed by atoms with Crippen molar-refractivity contribution in [2.24, 2.45) is 0 Å². The number of ether oxygens (including phenoxy) is 1. The zero-order chi connectivity index (χ0) is 12.0. The van der Waals surface area contributed by atoms with Gasteiger partial charge >= 0.3 is 0 Å². The Morgan fingerprint density at radius 3 is 3.06 bits per heavy atom. The van der Waals surface area contributed by atoms with Crippen molar-refractivity contribution in [1.29, 1.82) is 0 Å². The minimum atomic E-state index is -0.122. The molecule has 0 saturated carbocycles. The van der Waals surface area contributed by atoms with E-state index in [2.05, 4.69) is 11.9 Å². The van der Waals surface area contributed by atoms with Crippen LogP contribution in [0.3, 0.4) is 0 Å². The zero-order valence-corrected chi connectivity index (χ0v) is 10.4. The summed E-state index contributed by atoms with van der Waals surface area (Å²) in [5.74, 6) is 0.523. The maximum atomic E-state index is 6.04. The maximum absolute atomic E-state index is 6.04. The van der Waals surface area contributed by atoms with Crippen molar-refractivity contribution in [1.82, 2.24) is 9.55 Å². The number of nitrogens with zero attached hydrogens (tertiary/aromatic N) is 2. The first kappa shape index (κ1) is 10.9. The van der Waals surface area contributed by atoms with Crippen LogP contribution in [0.25, 0.3) is 11.0 Å². The molecule has 1 fully saturated rings. The Balaban J connectivity index is 2.27. The summed E-state index contributed by atoms with van der Waals surface area (Å²) >= 11 is 6.04. The molecule has 90 valence electrons. The Hall–Kier alpha value is -1.26. The van der Waals surface area contributed by atoms with Crippen molar-refractivity contribution in [2.45, 2.75) is 18.9 Å². The molecule has 2 heterocycles. The molecule has 1 aromatic carbocycles. The number of hydrogen-bond acceptors (Lipinski definition) is 3. The number of imidazole rings is 1. The fraction of sp³-hybridized carbons (Fsp3) is 0.417. The van der Waals surface area contributed by atoms with Crippen LogP contribution in [0.15, 0.2) is 18.2 Å². The molecule has 0 radical (unpaired) electrons. The van der Waals surface area contributed by atoms with Gasteiger partial charge in [0.2, 0.25) is 5.95 Å². The molecule has 1 aromatic heterocycles. The highest BCUT2D eigenvalue weighted by molar-refractivity contribution is 6.31. The lowest BCUT2D eigenvalue weighted by Crippen LogP contribution is -2.31. The van der Waals surface area contributed by atoms with Gasteiger partial charge in [0.15, 0.2) is 0 Å². The van der Waals surface area contributed by atoms with Gasteiger partial charge in [-0.1, -0.05) is 11.6 Å². The van der Waals surface area contributed by atoms with E-state index in [1.54, 1.807) is 0 Å². The van der Waals surface area contributed by atoms with E-state index < -0.39 is 0 Å². The summed E-state index contributed by atoms with van der Waals surface area (Å²) < 4.78 is 7.52. The molecular formula is C12H14ClN3O. The van der Waals surface area contributed by atoms with Crippen LogP contribution in [0.5, 0.6) is 0 Å². The molecule has 0 aliphatic carbocycles. The minimum absolute atomic E-state index is 0.122. The quantitative estimate of drug-likeness (QED) is 0.847. The molecule has 1 unspecified atom stereocenters. The molecule has 0 amide bonds. The molecule has 5 heteroatoms. The van der Waals surface area contributed by atoms with E-state index in [9.17, 15) is 0 Å². The lowest BCUT2D eigenvalue weighted by molar-refractivity contribution is 0.164. The van der Waals surface area contributed by atoms with Gasteiger partial charge in [-0.25, -0.2) is 4.98 Å². The molecule has 17 heavy (non-hydrogen) atoms. The highest BCUT2D eigenvalue weighted by Gasteiger charge is 2.34. The average Bonchev–Trinajstić information content (AvgIpc) is 2.82. The number of halogens is 1. The Labute approximate surface area is 104 Å². The minimum Gasteiger partial charge on any atom is -0.379 e. The van der Waals surface area contributed by atoms with Gasteiger partial charge in [0.05, 0.1) is 23.2 Å². The van der Waals surface area contributed by atoms with Crippen LogP contribution < -0.4 is 5.73 Å². The molecular weight excluding hydrogens is 238 g/mol. The third-order valence-corrected chi connectivity index (χ3v) is 3.62. The molecule has 3 rings (SSSR count). The van der Waals surface area contributed by atoms with Gasteiger partial charge in [-0.3, -0.25) is 0 Å². The topological polar surface area (TPSA) is 53.1 Å². The Kier molecular flexibility index (Phi) is 2.31. The van der Waals surface area contributed by atoms with E-state index in [0.717, 1.165) is 24.1 Å². The summed E-state index contributed by atoms with van der Waals surface area (Å²) in [5.41, 5.74) is 7.75. The summed E-state index contributed by atoms with van der Waals surface area (Å²) in [5, 5.41) is 0.696. The van der Waals surface area contributed by atoms with Crippen LogP contribution in [0.2, 0.25) is 5.02 Å². The van der Waals surface area contributed by atoms with Crippen LogP contribution in [0, 0.1) is 0 Å². The number of hydrogen-bond donors (Lipinski definition) is 1.